The predicted octanol–water partition coefficient (Wildman–Crippen LogP) is 1.00. The highest BCUT2D eigenvalue weighted by Gasteiger charge is 2.39. The predicted molar refractivity (Wildman–Crippen MR) is 80.2 cm³/mol. The van der Waals surface area contributed by atoms with E-state index in [2.05, 4.69) is 0 Å². The molecule has 1 amide bonds. The normalized spacial score (nSPS) is 23.5. The lowest BCUT2D eigenvalue weighted by molar-refractivity contribution is -0.142. The van der Waals surface area contributed by atoms with Crippen LogP contribution in [0.4, 0.5) is 0 Å². The van der Waals surface area contributed by atoms with Crippen LogP contribution in [0.5, 0.6) is 0 Å². The highest BCUT2D eigenvalue weighted by Crippen LogP contribution is 2.44. The third kappa shape index (κ3) is 4.20. The van der Waals surface area contributed by atoms with Gasteiger partial charge in [0, 0.05) is 19.5 Å². The summed E-state index contributed by atoms with van der Waals surface area (Å²) in [6, 6.07) is 0. The number of carboxylic acid groups (broad SMARTS) is 1. The zero-order valence-electron chi connectivity index (χ0n) is 13.0. The summed E-state index contributed by atoms with van der Waals surface area (Å²) in [7, 11) is 0. The quantitative estimate of drug-likeness (QED) is 0.679. The molecule has 22 heavy (non-hydrogen) atoms. The maximum Gasteiger partial charge on any atom is 0.303 e. The fourth-order valence-corrected chi connectivity index (χ4v) is 3.98. The van der Waals surface area contributed by atoms with Gasteiger partial charge in [0.25, 0.3) is 0 Å². The number of aliphatic carboxylic acids is 1. The van der Waals surface area contributed by atoms with Crippen molar-refractivity contribution >= 4 is 11.9 Å². The van der Waals surface area contributed by atoms with Gasteiger partial charge in [-0.3, -0.25) is 9.59 Å². The van der Waals surface area contributed by atoms with Crippen molar-refractivity contribution in [3.8, 4) is 0 Å². The van der Waals surface area contributed by atoms with Crippen LogP contribution in [0.3, 0.4) is 0 Å². The zero-order chi connectivity index (χ0) is 16.2. The minimum absolute atomic E-state index is 0.0417. The van der Waals surface area contributed by atoms with Crippen LogP contribution in [-0.2, 0) is 9.59 Å². The molecular formula is C16H27NO5. The first-order valence-electron chi connectivity index (χ1n) is 8.24. The van der Waals surface area contributed by atoms with Gasteiger partial charge in [-0.2, -0.15) is 0 Å². The van der Waals surface area contributed by atoms with E-state index in [1.807, 2.05) is 0 Å². The Morgan fingerprint density at radius 2 is 1.73 bits per heavy atom. The second-order valence-corrected chi connectivity index (χ2v) is 6.92. The van der Waals surface area contributed by atoms with E-state index in [1.165, 1.54) is 0 Å². The number of carbonyl (C=O) groups is 2. The Morgan fingerprint density at radius 3 is 2.23 bits per heavy atom. The highest BCUT2D eigenvalue weighted by molar-refractivity contribution is 5.78. The second kappa shape index (κ2) is 7.42. The molecule has 1 heterocycles. The molecule has 3 N–H and O–H groups in total. The fourth-order valence-electron chi connectivity index (χ4n) is 3.98. The lowest BCUT2D eigenvalue weighted by Gasteiger charge is -2.36. The van der Waals surface area contributed by atoms with Crippen molar-refractivity contribution in [3.63, 3.8) is 0 Å². The molecule has 2 rings (SSSR count). The zero-order valence-corrected chi connectivity index (χ0v) is 13.0. The lowest BCUT2D eigenvalue weighted by Crippen LogP contribution is -2.43. The number of aliphatic hydroxyl groups is 2. The van der Waals surface area contributed by atoms with E-state index in [0.29, 0.717) is 32.4 Å². The van der Waals surface area contributed by atoms with E-state index in [1.54, 1.807) is 4.90 Å². The van der Waals surface area contributed by atoms with Gasteiger partial charge in [-0.05, 0) is 37.0 Å². The van der Waals surface area contributed by atoms with Crippen molar-refractivity contribution in [2.24, 2.45) is 11.3 Å². The number of piperidine rings is 1. The number of rotatable bonds is 6. The fraction of sp³-hybridized carbons (Fsp3) is 0.875. The summed E-state index contributed by atoms with van der Waals surface area (Å²) in [6.45, 7) is 0.938. The van der Waals surface area contributed by atoms with E-state index >= 15 is 0 Å². The van der Waals surface area contributed by atoms with E-state index in [9.17, 15) is 14.7 Å². The van der Waals surface area contributed by atoms with Crippen molar-refractivity contribution < 1.29 is 24.9 Å². The first kappa shape index (κ1) is 17.2. The second-order valence-electron chi connectivity index (χ2n) is 6.92. The van der Waals surface area contributed by atoms with E-state index in [-0.39, 0.29) is 30.3 Å². The van der Waals surface area contributed by atoms with Gasteiger partial charge in [0.2, 0.25) is 5.91 Å². The Kier molecular flexibility index (Phi) is 5.81. The molecule has 0 aromatic rings. The number of carboxylic acids is 1. The number of amides is 1. The lowest BCUT2D eigenvalue weighted by atomic mass is 9.79. The summed E-state index contributed by atoms with van der Waals surface area (Å²) in [4.78, 5) is 25.4. The average molecular weight is 313 g/mol. The molecule has 6 nitrogen and oxygen atoms in total. The van der Waals surface area contributed by atoms with Gasteiger partial charge in [-0.1, -0.05) is 12.8 Å². The summed E-state index contributed by atoms with van der Waals surface area (Å²) in [5.41, 5.74) is -0.357. The van der Waals surface area contributed by atoms with Crippen LogP contribution in [-0.4, -0.2) is 57.9 Å². The summed E-state index contributed by atoms with van der Waals surface area (Å²) in [5, 5.41) is 27.8. The smallest absolute Gasteiger partial charge is 0.303 e. The molecule has 1 atom stereocenters. The largest absolute Gasteiger partial charge is 0.481 e. The first-order valence-corrected chi connectivity index (χ1v) is 8.24. The van der Waals surface area contributed by atoms with Crippen molar-refractivity contribution in [3.05, 3.63) is 0 Å². The van der Waals surface area contributed by atoms with Gasteiger partial charge in [0.15, 0.2) is 0 Å². The molecule has 0 aromatic heterocycles. The highest BCUT2D eigenvalue weighted by atomic mass is 16.4. The van der Waals surface area contributed by atoms with Gasteiger partial charge in [-0.15, -0.1) is 0 Å². The molecule has 6 heteroatoms. The van der Waals surface area contributed by atoms with Gasteiger partial charge in [-0.25, -0.2) is 0 Å². The Hall–Kier alpha value is -1.14. The van der Waals surface area contributed by atoms with Crippen molar-refractivity contribution in [1.82, 2.24) is 4.90 Å². The Morgan fingerprint density at radius 1 is 1.14 bits per heavy atom. The number of hydrogen-bond acceptors (Lipinski definition) is 4. The average Bonchev–Trinajstić information content (AvgIpc) is 2.93. The van der Waals surface area contributed by atoms with Crippen LogP contribution in [0.25, 0.3) is 0 Å². The minimum Gasteiger partial charge on any atom is -0.481 e. The molecule has 1 saturated heterocycles. The monoisotopic (exact) mass is 313 g/mol. The topological polar surface area (TPSA) is 98.1 Å². The molecule has 2 fully saturated rings. The van der Waals surface area contributed by atoms with E-state index in [4.69, 9.17) is 10.2 Å². The summed E-state index contributed by atoms with van der Waals surface area (Å²) in [5.74, 6) is -0.729. The number of carbonyl (C=O) groups excluding carboxylic acids is 1. The van der Waals surface area contributed by atoms with Crippen LogP contribution in [0.15, 0.2) is 0 Å². The maximum absolute atomic E-state index is 12.5. The molecule has 1 unspecified atom stereocenters. The van der Waals surface area contributed by atoms with Gasteiger partial charge >= 0.3 is 5.97 Å². The van der Waals surface area contributed by atoms with Gasteiger partial charge < -0.3 is 20.2 Å². The summed E-state index contributed by atoms with van der Waals surface area (Å²) in [6.07, 6.45) is 4.75. The minimum atomic E-state index is -0.820. The van der Waals surface area contributed by atoms with E-state index < -0.39 is 12.1 Å². The van der Waals surface area contributed by atoms with Crippen molar-refractivity contribution in [2.75, 3.05) is 19.7 Å². The van der Waals surface area contributed by atoms with Crippen LogP contribution in [0, 0.1) is 11.3 Å². The number of aliphatic hydroxyl groups excluding tert-OH is 2. The Labute approximate surface area is 131 Å². The van der Waals surface area contributed by atoms with Crippen LogP contribution in [0.2, 0.25) is 0 Å². The van der Waals surface area contributed by atoms with Crippen molar-refractivity contribution in [1.29, 1.82) is 0 Å². The molecule has 0 spiro atoms. The summed E-state index contributed by atoms with van der Waals surface area (Å²) < 4.78 is 0. The molecular weight excluding hydrogens is 286 g/mol. The molecule has 1 aliphatic carbocycles. The summed E-state index contributed by atoms with van der Waals surface area (Å²) >= 11 is 0. The molecule has 0 radical (unpaired) electrons. The SMILES string of the molecule is O=C(O)CC1(CC(=O)N2CCC(C(O)CO)CC2)CCCC1. The Balaban J connectivity index is 1.88. The maximum atomic E-state index is 12.5. The molecule has 1 aliphatic heterocycles. The van der Waals surface area contributed by atoms with Crippen LogP contribution < -0.4 is 0 Å². The van der Waals surface area contributed by atoms with Crippen molar-refractivity contribution in [2.45, 2.75) is 57.5 Å². The Bertz CT molecular complexity index is 397. The molecule has 1 saturated carbocycles. The number of likely N-dealkylation sites (tertiary alicyclic amines) is 1. The van der Waals surface area contributed by atoms with Gasteiger partial charge in [0.1, 0.15) is 0 Å². The first-order chi connectivity index (χ1) is 10.5. The molecule has 2 aliphatic rings. The molecule has 0 bridgehead atoms. The van der Waals surface area contributed by atoms with Gasteiger partial charge in [0.05, 0.1) is 19.1 Å². The molecule has 126 valence electrons. The number of nitrogens with zero attached hydrogens (tertiary/aromatic N) is 1. The molecule has 0 aromatic carbocycles. The standard InChI is InChI=1S/C16H27NO5/c18-11-13(19)12-3-7-17(8-4-12)14(20)9-16(10-15(21)22)5-1-2-6-16/h12-13,18-19H,1-11H2,(H,21,22). The third-order valence-corrected chi connectivity index (χ3v) is 5.34. The number of hydrogen-bond donors (Lipinski definition) is 3. The van der Waals surface area contributed by atoms with E-state index in [0.717, 1.165) is 25.7 Å². The van der Waals surface area contributed by atoms with Crippen LogP contribution >= 0.6 is 0 Å². The third-order valence-electron chi connectivity index (χ3n) is 5.34. The van der Waals surface area contributed by atoms with Crippen LogP contribution in [0.1, 0.15) is 51.4 Å².